The summed E-state index contributed by atoms with van der Waals surface area (Å²) in [6, 6.07) is 46.1. The van der Waals surface area contributed by atoms with Gasteiger partial charge in [0, 0.05) is 56.5 Å². The highest BCUT2D eigenvalue weighted by Gasteiger charge is 2.23. The van der Waals surface area contributed by atoms with Crippen molar-refractivity contribution >= 4 is 38.4 Å². The molecule has 5 aromatic carbocycles. The van der Waals surface area contributed by atoms with E-state index in [1.807, 2.05) is 0 Å². The molecule has 62 heavy (non-hydrogen) atoms. The third-order valence-corrected chi connectivity index (χ3v) is 14.0. The molecule has 0 amide bonds. The maximum absolute atomic E-state index is 5.30. The number of benzene rings is 5. The van der Waals surface area contributed by atoms with Crippen LogP contribution in [0.25, 0.3) is 77.5 Å². The van der Waals surface area contributed by atoms with Crippen molar-refractivity contribution in [2.24, 2.45) is 0 Å². The Kier molecular flexibility index (Phi) is 9.35. The van der Waals surface area contributed by atoms with Crippen LogP contribution < -0.4 is 0 Å². The van der Waals surface area contributed by atoms with Crippen LogP contribution in [0.2, 0.25) is 0 Å². The number of fused-ring (bicyclic) bond motifs is 6. The van der Waals surface area contributed by atoms with Gasteiger partial charge in [-0.15, -0.1) is 0 Å². The average molecular weight is 802 g/mol. The molecule has 0 saturated carbocycles. The van der Waals surface area contributed by atoms with E-state index in [0.717, 1.165) is 32.1 Å². The molecule has 2 atom stereocenters. The molecule has 4 aliphatic carbocycles. The smallest absolute Gasteiger partial charge is 0.0541 e. The van der Waals surface area contributed by atoms with Gasteiger partial charge >= 0.3 is 0 Å². The first-order chi connectivity index (χ1) is 30.7. The molecule has 0 radical (unpaired) electrons. The van der Waals surface area contributed by atoms with Gasteiger partial charge < -0.3 is 9.13 Å². The fourth-order valence-electron chi connectivity index (χ4n) is 10.9. The van der Waals surface area contributed by atoms with E-state index in [4.69, 9.17) is 4.98 Å². The van der Waals surface area contributed by atoms with Crippen molar-refractivity contribution in [1.29, 1.82) is 0 Å². The van der Waals surface area contributed by atoms with Crippen LogP contribution in [0.4, 0.5) is 0 Å². The molecule has 3 heteroatoms. The third kappa shape index (κ3) is 6.54. The molecule has 0 aliphatic heterocycles. The summed E-state index contributed by atoms with van der Waals surface area (Å²) in [7, 11) is 0. The molecule has 8 aromatic rings. The zero-order valence-electron chi connectivity index (χ0n) is 35.3. The van der Waals surface area contributed by atoms with E-state index in [-0.39, 0.29) is 0 Å². The molecule has 0 bridgehead atoms. The molecular weight excluding hydrogens is 751 g/mol. The van der Waals surface area contributed by atoms with Gasteiger partial charge in [0.15, 0.2) is 0 Å². The number of hydrogen-bond acceptors (Lipinski definition) is 1. The SMILES string of the molecule is C1=CCC(c2cc(-c3cccc(-c4ccc5c(c4)c4ccccc4n5-c4cccc(-c5ccc6c7c(n(C8=CCCC=C8)c6c5)CCCC7)c4)c3)cc(C3C=CCCC3)n2)C=C1. The van der Waals surface area contributed by atoms with E-state index in [0.29, 0.717) is 11.8 Å². The number of pyridine rings is 1. The van der Waals surface area contributed by atoms with Crippen molar-refractivity contribution < 1.29 is 0 Å². The van der Waals surface area contributed by atoms with Crippen molar-refractivity contribution in [3.05, 3.63) is 199 Å². The molecular formula is C59H51N3. The van der Waals surface area contributed by atoms with E-state index >= 15 is 0 Å². The molecule has 3 nitrogen and oxygen atoms in total. The normalized spacial score (nSPS) is 18.5. The zero-order valence-corrected chi connectivity index (χ0v) is 35.3. The summed E-state index contributed by atoms with van der Waals surface area (Å²) in [6.45, 7) is 0. The van der Waals surface area contributed by atoms with Crippen LogP contribution in [0.5, 0.6) is 0 Å². The Bertz CT molecular complexity index is 3190. The number of hydrogen-bond donors (Lipinski definition) is 0. The molecule has 302 valence electrons. The Morgan fingerprint density at radius 1 is 0.484 bits per heavy atom. The van der Waals surface area contributed by atoms with Gasteiger partial charge in [-0.1, -0.05) is 115 Å². The van der Waals surface area contributed by atoms with E-state index < -0.39 is 0 Å². The largest absolute Gasteiger partial charge is 0.314 e. The fraction of sp³-hybridized carbons (Fsp3) is 0.203. The van der Waals surface area contributed by atoms with Gasteiger partial charge in [-0.3, -0.25) is 4.98 Å². The van der Waals surface area contributed by atoms with Crippen molar-refractivity contribution in [1.82, 2.24) is 14.1 Å². The van der Waals surface area contributed by atoms with E-state index in [9.17, 15) is 0 Å². The molecule has 3 aromatic heterocycles. The van der Waals surface area contributed by atoms with E-state index in [1.54, 1.807) is 5.56 Å². The Labute approximate surface area is 364 Å². The van der Waals surface area contributed by atoms with Crippen LogP contribution >= 0.6 is 0 Å². The molecule has 2 unspecified atom stereocenters. The number of aromatic nitrogens is 3. The molecule has 0 saturated heterocycles. The van der Waals surface area contributed by atoms with Gasteiger partial charge in [-0.25, -0.2) is 0 Å². The van der Waals surface area contributed by atoms with Crippen LogP contribution in [0.15, 0.2) is 176 Å². The summed E-state index contributed by atoms with van der Waals surface area (Å²) in [5, 5.41) is 3.95. The number of rotatable bonds is 7. The molecule has 0 spiro atoms. The first kappa shape index (κ1) is 37.1. The van der Waals surface area contributed by atoms with Crippen LogP contribution in [0, 0.1) is 0 Å². The van der Waals surface area contributed by atoms with Gasteiger partial charge in [-0.05, 0) is 164 Å². The summed E-state index contributed by atoms with van der Waals surface area (Å²) < 4.78 is 5.04. The number of allylic oxidation sites excluding steroid dienone is 10. The van der Waals surface area contributed by atoms with E-state index in [1.165, 1.54) is 127 Å². The minimum absolute atomic E-state index is 0.304. The van der Waals surface area contributed by atoms with Crippen LogP contribution in [0.1, 0.15) is 85.8 Å². The maximum Gasteiger partial charge on any atom is 0.0541 e. The minimum Gasteiger partial charge on any atom is -0.314 e. The lowest BCUT2D eigenvalue weighted by Crippen LogP contribution is -2.08. The van der Waals surface area contributed by atoms with Gasteiger partial charge in [0.1, 0.15) is 0 Å². The number of nitrogens with zero attached hydrogens (tertiary/aromatic N) is 3. The highest BCUT2D eigenvalue weighted by molar-refractivity contribution is 6.10. The van der Waals surface area contributed by atoms with Gasteiger partial charge in [0.05, 0.1) is 16.6 Å². The van der Waals surface area contributed by atoms with Crippen molar-refractivity contribution in [3.63, 3.8) is 0 Å². The second kappa shape index (κ2) is 15.6. The fourth-order valence-corrected chi connectivity index (χ4v) is 10.9. The Hall–Kier alpha value is -6.71. The Morgan fingerprint density at radius 3 is 2.13 bits per heavy atom. The average Bonchev–Trinajstić information content (AvgIpc) is 3.87. The Morgan fingerprint density at radius 2 is 1.27 bits per heavy atom. The van der Waals surface area contributed by atoms with Crippen LogP contribution in [-0.2, 0) is 12.8 Å². The second-order valence-electron chi connectivity index (χ2n) is 17.9. The lowest BCUT2D eigenvalue weighted by molar-refractivity contribution is 0.636. The molecule has 0 fully saturated rings. The predicted molar refractivity (Wildman–Crippen MR) is 261 cm³/mol. The first-order valence-electron chi connectivity index (χ1n) is 23.0. The summed E-state index contributed by atoms with van der Waals surface area (Å²) in [6.07, 6.45) is 32.4. The second-order valence-corrected chi connectivity index (χ2v) is 17.9. The number of aryl methyl sites for hydroxylation is 1. The quantitative estimate of drug-likeness (QED) is 0.147. The highest BCUT2D eigenvalue weighted by atomic mass is 15.0. The summed E-state index contributed by atoms with van der Waals surface area (Å²) in [5.74, 6) is 0.676. The summed E-state index contributed by atoms with van der Waals surface area (Å²) in [5.41, 5.74) is 19.2. The zero-order chi connectivity index (χ0) is 41.0. The lowest BCUT2D eigenvalue weighted by Gasteiger charge is -2.21. The standard InChI is InChI=1S/C59H51N3/c1-4-16-40(17-5-1)54-37-47(38-55(60-54)41-18-6-2-7-19-41)43-21-14-20-42(34-43)45-31-33-58-53(36-45)51-27-11-13-29-57(51)62(58)49-25-15-22-44(35-49)46-30-32-52-50-26-10-12-28-56(50)61(59(52)39-46)48-23-8-3-9-24-48/h1,4-6,8,11,13-16,18,20-25,27,29-41H,2-3,7,9-10,12,17,19,26,28H2. The topological polar surface area (TPSA) is 22.8 Å². The monoisotopic (exact) mass is 801 g/mol. The van der Waals surface area contributed by atoms with Crippen molar-refractivity contribution in [3.8, 4) is 39.1 Å². The summed E-state index contributed by atoms with van der Waals surface area (Å²) >= 11 is 0. The van der Waals surface area contributed by atoms with Gasteiger partial charge in [0.25, 0.3) is 0 Å². The molecule has 0 N–H and O–H groups in total. The molecule has 12 rings (SSSR count). The van der Waals surface area contributed by atoms with Crippen LogP contribution in [-0.4, -0.2) is 14.1 Å². The van der Waals surface area contributed by atoms with Gasteiger partial charge in [-0.2, -0.15) is 0 Å². The van der Waals surface area contributed by atoms with Gasteiger partial charge in [0.2, 0.25) is 0 Å². The lowest BCUT2D eigenvalue weighted by atomic mass is 9.88. The van der Waals surface area contributed by atoms with Crippen molar-refractivity contribution in [2.75, 3.05) is 0 Å². The first-order valence-corrected chi connectivity index (χ1v) is 23.0. The number of para-hydroxylation sites is 1. The maximum atomic E-state index is 5.30. The third-order valence-electron chi connectivity index (χ3n) is 14.0. The Balaban J connectivity index is 0.931. The van der Waals surface area contributed by atoms with Crippen LogP contribution in [0.3, 0.4) is 0 Å². The molecule has 3 heterocycles. The van der Waals surface area contributed by atoms with E-state index in [2.05, 4.69) is 185 Å². The minimum atomic E-state index is 0.304. The van der Waals surface area contributed by atoms with Crippen molar-refractivity contribution in [2.45, 2.75) is 76.0 Å². The highest BCUT2D eigenvalue weighted by Crippen LogP contribution is 2.41. The molecule has 4 aliphatic rings. The summed E-state index contributed by atoms with van der Waals surface area (Å²) in [4.78, 5) is 5.30. The predicted octanol–water partition coefficient (Wildman–Crippen LogP) is 15.6.